The number of hydrogen-bond donors (Lipinski definition) is 2. The molecule has 5 heteroatoms. The van der Waals surface area contributed by atoms with E-state index in [2.05, 4.69) is 36.4 Å². The summed E-state index contributed by atoms with van der Waals surface area (Å²) in [5, 5.41) is 6.52. The monoisotopic (exact) mass is 278 g/mol. The number of carbonyl (C=O) groups excluding carboxylic acids is 1. The molecule has 5 nitrogen and oxygen atoms in total. The highest BCUT2D eigenvalue weighted by Crippen LogP contribution is 2.21. The Balaban J connectivity index is 1.98. The number of nitrogens with zero attached hydrogens (tertiary/aromatic N) is 2. The molecule has 1 saturated heterocycles. The standard InChI is InChI=1S/C15H26N4O/c1-15(2,3)13(10-19-9-8-16-11-19)18-14(20)12-6-4-5-7-17-12/h8-9,11-13,17H,4-7,10H2,1-3H3,(H,18,20). The first-order valence-electron chi connectivity index (χ1n) is 7.46. The van der Waals surface area contributed by atoms with Crippen LogP contribution in [0.25, 0.3) is 0 Å². The summed E-state index contributed by atoms with van der Waals surface area (Å²) in [6.07, 6.45) is 8.74. The van der Waals surface area contributed by atoms with E-state index in [1.165, 1.54) is 6.42 Å². The van der Waals surface area contributed by atoms with Crippen molar-refractivity contribution in [3.63, 3.8) is 0 Å². The molecule has 2 unspecified atom stereocenters. The lowest BCUT2D eigenvalue weighted by molar-refractivity contribution is -0.125. The molecule has 2 heterocycles. The second kappa shape index (κ2) is 6.39. The Morgan fingerprint density at radius 2 is 2.30 bits per heavy atom. The van der Waals surface area contributed by atoms with Gasteiger partial charge in [0, 0.05) is 18.9 Å². The van der Waals surface area contributed by atoms with Crippen LogP contribution in [0.5, 0.6) is 0 Å². The number of amides is 1. The normalized spacial score (nSPS) is 21.4. The fourth-order valence-corrected chi connectivity index (χ4v) is 2.49. The zero-order valence-electron chi connectivity index (χ0n) is 12.7. The van der Waals surface area contributed by atoms with Gasteiger partial charge in [0.2, 0.25) is 5.91 Å². The van der Waals surface area contributed by atoms with Crippen molar-refractivity contribution in [3.8, 4) is 0 Å². The molecule has 1 aliphatic rings. The van der Waals surface area contributed by atoms with Crippen LogP contribution in [0.15, 0.2) is 18.7 Å². The van der Waals surface area contributed by atoms with Crippen LogP contribution in [-0.4, -0.2) is 34.1 Å². The quantitative estimate of drug-likeness (QED) is 0.878. The van der Waals surface area contributed by atoms with Crippen molar-refractivity contribution in [3.05, 3.63) is 18.7 Å². The van der Waals surface area contributed by atoms with Gasteiger partial charge in [-0.2, -0.15) is 0 Å². The van der Waals surface area contributed by atoms with Crippen LogP contribution >= 0.6 is 0 Å². The third-order valence-corrected chi connectivity index (χ3v) is 3.94. The highest BCUT2D eigenvalue weighted by atomic mass is 16.2. The highest BCUT2D eigenvalue weighted by Gasteiger charge is 2.29. The predicted molar refractivity (Wildman–Crippen MR) is 79.3 cm³/mol. The van der Waals surface area contributed by atoms with Crippen molar-refractivity contribution in [1.29, 1.82) is 0 Å². The van der Waals surface area contributed by atoms with Crippen molar-refractivity contribution in [2.75, 3.05) is 6.54 Å². The van der Waals surface area contributed by atoms with E-state index >= 15 is 0 Å². The molecule has 0 saturated carbocycles. The molecule has 0 aliphatic carbocycles. The number of hydrogen-bond acceptors (Lipinski definition) is 3. The Hall–Kier alpha value is -1.36. The molecule has 0 bridgehead atoms. The number of rotatable bonds is 4. The molecule has 112 valence electrons. The average Bonchev–Trinajstić information content (AvgIpc) is 2.91. The minimum absolute atomic E-state index is 0.00853. The van der Waals surface area contributed by atoms with Crippen molar-refractivity contribution < 1.29 is 4.79 Å². The van der Waals surface area contributed by atoms with Crippen LogP contribution in [0, 0.1) is 5.41 Å². The second-order valence-electron chi connectivity index (χ2n) is 6.69. The minimum Gasteiger partial charge on any atom is -0.350 e. The van der Waals surface area contributed by atoms with Crippen molar-refractivity contribution in [2.24, 2.45) is 5.41 Å². The van der Waals surface area contributed by atoms with Crippen molar-refractivity contribution >= 4 is 5.91 Å². The maximum atomic E-state index is 12.4. The van der Waals surface area contributed by atoms with Gasteiger partial charge in [0.1, 0.15) is 0 Å². The van der Waals surface area contributed by atoms with Gasteiger partial charge in [0.15, 0.2) is 0 Å². The fraction of sp³-hybridized carbons (Fsp3) is 0.733. The summed E-state index contributed by atoms with van der Waals surface area (Å²) in [6, 6.07) is 0.0595. The van der Waals surface area contributed by atoms with Gasteiger partial charge in [-0.1, -0.05) is 27.2 Å². The van der Waals surface area contributed by atoms with Crippen LogP contribution in [0.1, 0.15) is 40.0 Å². The molecule has 1 amide bonds. The second-order valence-corrected chi connectivity index (χ2v) is 6.69. The van der Waals surface area contributed by atoms with Gasteiger partial charge in [-0.25, -0.2) is 4.98 Å². The molecule has 0 spiro atoms. The highest BCUT2D eigenvalue weighted by molar-refractivity contribution is 5.82. The third-order valence-electron chi connectivity index (χ3n) is 3.94. The molecule has 0 aromatic carbocycles. The summed E-state index contributed by atoms with van der Waals surface area (Å²) in [4.78, 5) is 16.4. The van der Waals surface area contributed by atoms with Crippen molar-refractivity contribution in [2.45, 2.75) is 58.7 Å². The summed E-state index contributed by atoms with van der Waals surface area (Å²) >= 11 is 0. The molecule has 1 aliphatic heterocycles. The summed E-state index contributed by atoms with van der Waals surface area (Å²) in [5.74, 6) is 0.129. The zero-order valence-corrected chi connectivity index (χ0v) is 12.7. The molecular formula is C15H26N4O. The first-order chi connectivity index (χ1) is 9.47. The lowest BCUT2D eigenvalue weighted by Crippen LogP contribution is -2.53. The maximum absolute atomic E-state index is 12.4. The summed E-state index contributed by atoms with van der Waals surface area (Å²) in [5.41, 5.74) is 0.00853. The first kappa shape index (κ1) is 15.0. The zero-order chi connectivity index (χ0) is 14.6. The van der Waals surface area contributed by atoms with E-state index in [4.69, 9.17) is 0 Å². The van der Waals surface area contributed by atoms with E-state index in [1.807, 2.05) is 10.8 Å². The van der Waals surface area contributed by atoms with E-state index in [0.717, 1.165) is 25.9 Å². The minimum atomic E-state index is -0.0311. The maximum Gasteiger partial charge on any atom is 0.237 e. The van der Waals surface area contributed by atoms with Crippen LogP contribution in [-0.2, 0) is 11.3 Å². The predicted octanol–water partition coefficient (Wildman–Crippen LogP) is 1.56. The van der Waals surface area contributed by atoms with Crippen LogP contribution < -0.4 is 10.6 Å². The Labute approximate surface area is 121 Å². The molecule has 20 heavy (non-hydrogen) atoms. The van der Waals surface area contributed by atoms with E-state index in [-0.39, 0.29) is 23.4 Å². The van der Waals surface area contributed by atoms with E-state index < -0.39 is 0 Å². The topological polar surface area (TPSA) is 59.0 Å². The van der Waals surface area contributed by atoms with E-state index in [9.17, 15) is 4.79 Å². The van der Waals surface area contributed by atoms with Crippen LogP contribution in [0.3, 0.4) is 0 Å². The van der Waals surface area contributed by atoms with Crippen molar-refractivity contribution in [1.82, 2.24) is 20.2 Å². The lowest BCUT2D eigenvalue weighted by Gasteiger charge is -2.34. The number of piperidine rings is 1. The third kappa shape index (κ3) is 4.07. The lowest BCUT2D eigenvalue weighted by atomic mass is 9.86. The van der Waals surface area contributed by atoms with Crippen LogP contribution in [0.4, 0.5) is 0 Å². The van der Waals surface area contributed by atoms with E-state index in [1.54, 1.807) is 12.5 Å². The average molecular weight is 278 g/mol. The number of imidazole rings is 1. The molecular weight excluding hydrogens is 252 g/mol. The molecule has 1 fully saturated rings. The van der Waals surface area contributed by atoms with Gasteiger partial charge < -0.3 is 15.2 Å². The summed E-state index contributed by atoms with van der Waals surface area (Å²) in [6.45, 7) is 8.16. The Bertz CT molecular complexity index is 416. The summed E-state index contributed by atoms with van der Waals surface area (Å²) < 4.78 is 2.02. The Morgan fingerprint density at radius 1 is 1.50 bits per heavy atom. The number of nitrogens with one attached hydrogen (secondary N) is 2. The van der Waals surface area contributed by atoms with Gasteiger partial charge in [-0.3, -0.25) is 4.79 Å². The number of aromatic nitrogens is 2. The van der Waals surface area contributed by atoms with Gasteiger partial charge in [-0.05, 0) is 24.8 Å². The molecule has 1 aromatic rings. The molecule has 0 radical (unpaired) electrons. The Kier molecular flexibility index (Phi) is 4.81. The first-order valence-corrected chi connectivity index (χ1v) is 7.46. The molecule has 1 aromatic heterocycles. The van der Waals surface area contributed by atoms with Gasteiger partial charge in [-0.15, -0.1) is 0 Å². The molecule has 2 atom stereocenters. The van der Waals surface area contributed by atoms with Gasteiger partial charge in [0.05, 0.1) is 18.4 Å². The molecule has 2 N–H and O–H groups in total. The number of carbonyl (C=O) groups is 1. The largest absolute Gasteiger partial charge is 0.350 e. The molecule has 2 rings (SSSR count). The summed E-state index contributed by atoms with van der Waals surface area (Å²) in [7, 11) is 0. The Morgan fingerprint density at radius 3 is 2.85 bits per heavy atom. The van der Waals surface area contributed by atoms with E-state index in [0.29, 0.717) is 0 Å². The van der Waals surface area contributed by atoms with Gasteiger partial charge in [0.25, 0.3) is 0 Å². The SMILES string of the molecule is CC(C)(C)C(Cn1ccnc1)NC(=O)C1CCCCN1. The smallest absolute Gasteiger partial charge is 0.237 e. The van der Waals surface area contributed by atoms with Crippen LogP contribution in [0.2, 0.25) is 0 Å². The fourth-order valence-electron chi connectivity index (χ4n) is 2.49. The van der Waals surface area contributed by atoms with Gasteiger partial charge >= 0.3 is 0 Å².